The molecule has 0 saturated heterocycles. The second-order valence-electron chi connectivity index (χ2n) is 1.22. The number of hydrogen-bond acceptors (Lipinski definition) is 0. The van der Waals surface area contributed by atoms with Crippen molar-refractivity contribution in [3.8, 4) is 0 Å². The first-order chi connectivity index (χ1) is 3.39. The summed E-state index contributed by atoms with van der Waals surface area (Å²) in [6.45, 7) is 0. The van der Waals surface area contributed by atoms with Crippen LogP contribution < -0.4 is 0 Å². The predicted molar refractivity (Wildman–Crippen MR) is 30.1 cm³/mol. The number of hydrogen-bond donors (Lipinski definition) is 0. The quantitative estimate of drug-likeness (QED) is 0.487. The summed E-state index contributed by atoms with van der Waals surface area (Å²) in [6, 6.07) is 5.27. The molecule has 0 radical (unpaired) electrons. The molecule has 0 spiro atoms. The molecule has 1 aromatic heterocycles. The van der Waals surface area contributed by atoms with Crippen LogP contribution in [0.3, 0.4) is 0 Å². The lowest BCUT2D eigenvalue weighted by Crippen LogP contribution is -1.45. The zero-order chi connectivity index (χ0) is 5.11. The molecule has 1 aromatic rings. The molecular weight excluding hydrogens is 110 g/mol. The van der Waals surface area contributed by atoms with Gasteiger partial charge in [0, 0.05) is 4.20 Å². The van der Waals surface area contributed by atoms with Gasteiger partial charge in [-0.05, 0) is 12.1 Å². The van der Waals surface area contributed by atoms with Gasteiger partial charge in [0.05, 0.1) is 0 Å². The van der Waals surface area contributed by atoms with Crippen LogP contribution in [-0.4, -0.2) is 0 Å². The molecule has 0 aliphatic carbocycles. The molecule has 2 heteroatoms. The van der Waals surface area contributed by atoms with Gasteiger partial charge in [-0.25, -0.2) is 0 Å². The predicted octanol–water partition coefficient (Wildman–Crippen LogP) is 2.69. The van der Waals surface area contributed by atoms with Crippen molar-refractivity contribution in [3.63, 3.8) is 0 Å². The Hall–Kier alpha value is -0.420. The number of halogens is 1. The normalized spacial score (nSPS) is 8.71. The van der Waals surface area contributed by atoms with Crippen molar-refractivity contribution in [2.75, 3.05) is 0 Å². The van der Waals surface area contributed by atoms with Gasteiger partial charge in [-0.2, -0.15) is 0 Å². The molecule has 7 heavy (non-hydrogen) atoms. The van der Waals surface area contributed by atoms with E-state index in [9.17, 15) is 4.20 Å². The minimum atomic E-state index is -1.38. The third kappa shape index (κ3) is 1.24. The van der Waals surface area contributed by atoms with Gasteiger partial charge < -0.3 is 0 Å². The summed E-state index contributed by atoms with van der Waals surface area (Å²) < 4.78 is 12.1. The van der Waals surface area contributed by atoms with E-state index >= 15 is 0 Å². The van der Waals surface area contributed by atoms with Crippen LogP contribution in [-0.2, 0) is 0 Å². The van der Waals surface area contributed by atoms with Gasteiger partial charge in [-0.1, -0.05) is 6.07 Å². The van der Waals surface area contributed by atoms with E-state index in [1.54, 1.807) is 23.7 Å². The fourth-order valence-electron chi connectivity index (χ4n) is 0.378. The lowest BCUT2D eigenvalue weighted by atomic mass is 10.6. The minimum absolute atomic E-state index is 1.38. The second-order valence-corrected chi connectivity index (χ2v) is 2.50. The van der Waals surface area contributed by atoms with E-state index in [-0.39, 0.29) is 0 Å². The molecule has 0 aliphatic rings. The zero-order valence-corrected chi connectivity index (χ0v) is 4.61. The Morgan fingerprint density at radius 2 is 1.57 bits per heavy atom. The largest absolute Gasteiger partial charge is 0.346 e. The van der Waals surface area contributed by atoms with Crippen LogP contribution in [0.1, 0.15) is 0 Å². The summed E-state index contributed by atoms with van der Waals surface area (Å²) in [5.74, 6) is 3.13. The topological polar surface area (TPSA) is 0 Å². The van der Waals surface area contributed by atoms with Gasteiger partial charge in [0.2, 0.25) is 0 Å². The van der Waals surface area contributed by atoms with Gasteiger partial charge in [-0.15, -0.1) is 0 Å². The Kier molecular flexibility index (Phi) is 1.38. The maximum absolute atomic E-state index is 12.1. The molecule has 36 valence electrons. The van der Waals surface area contributed by atoms with Crippen molar-refractivity contribution in [3.05, 3.63) is 29.8 Å². The first kappa shape index (κ1) is 4.73. The van der Waals surface area contributed by atoms with E-state index in [1.165, 1.54) is 0 Å². The van der Waals surface area contributed by atoms with Crippen molar-refractivity contribution >= 4 is 7.84 Å². The molecule has 0 bridgehead atoms. The summed E-state index contributed by atoms with van der Waals surface area (Å²) in [6.07, 6.45) is 0. The van der Waals surface area contributed by atoms with Crippen molar-refractivity contribution < 1.29 is 4.20 Å². The highest BCUT2D eigenvalue weighted by Crippen LogP contribution is 2.24. The Labute approximate surface area is 42.8 Å². The molecule has 0 saturated carbocycles. The van der Waals surface area contributed by atoms with E-state index in [1.807, 2.05) is 6.07 Å². The molecule has 0 amide bonds. The first-order valence-corrected chi connectivity index (χ1v) is 3.39. The standard InChI is InChI=1S/C5H5FP/c6-7-4-2-1-3-5-7/h1-5H/q+1. The SMILES string of the molecule is F[p+]1ccccc1. The van der Waals surface area contributed by atoms with Gasteiger partial charge >= 0.3 is 7.84 Å². The molecule has 0 unspecified atom stereocenters. The summed E-state index contributed by atoms with van der Waals surface area (Å²) >= 11 is 0. The van der Waals surface area contributed by atoms with Crippen LogP contribution >= 0.6 is 7.84 Å². The summed E-state index contributed by atoms with van der Waals surface area (Å²) in [5, 5.41) is 0. The average Bonchev–Trinajstić information content (AvgIpc) is 1.69. The highest BCUT2D eigenvalue weighted by Gasteiger charge is 1.93. The molecule has 0 fully saturated rings. The summed E-state index contributed by atoms with van der Waals surface area (Å²) in [4.78, 5) is 0. The lowest BCUT2D eigenvalue weighted by Gasteiger charge is -1.65. The Morgan fingerprint density at radius 3 is 1.86 bits per heavy atom. The monoisotopic (exact) mass is 115 g/mol. The maximum atomic E-state index is 12.1. The number of rotatable bonds is 0. The lowest BCUT2D eigenvalue weighted by molar-refractivity contribution is 0.922. The molecular formula is C5H5FP+. The average molecular weight is 115 g/mol. The van der Waals surface area contributed by atoms with Crippen molar-refractivity contribution in [1.82, 2.24) is 0 Å². The van der Waals surface area contributed by atoms with Gasteiger partial charge in [-0.3, -0.25) is 0 Å². The van der Waals surface area contributed by atoms with Crippen LogP contribution in [0.25, 0.3) is 0 Å². The van der Waals surface area contributed by atoms with Gasteiger partial charge in [0.25, 0.3) is 0 Å². The first-order valence-electron chi connectivity index (χ1n) is 2.02. The third-order valence-electron chi connectivity index (χ3n) is 0.679. The molecule has 1 heterocycles. The minimum Gasteiger partial charge on any atom is -0.0545 e. The Bertz CT molecular complexity index is 138. The molecule has 1 rings (SSSR count). The van der Waals surface area contributed by atoms with Crippen molar-refractivity contribution in [2.24, 2.45) is 0 Å². The van der Waals surface area contributed by atoms with Crippen LogP contribution in [0.4, 0.5) is 4.20 Å². The van der Waals surface area contributed by atoms with Gasteiger partial charge in [0.1, 0.15) is 0 Å². The van der Waals surface area contributed by atoms with E-state index < -0.39 is 7.84 Å². The van der Waals surface area contributed by atoms with Crippen LogP contribution in [0, 0.1) is 0 Å². The van der Waals surface area contributed by atoms with Crippen LogP contribution in [0.2, 0.25) is 0 Å². The highest BCUT2D eigenvalue weighted by atomic mass is 31.1. The zero-order valence-electron chi connectivity index (χ0n) is 3.71. The fourth-order valence-corrected chi connectivity index (χ4v) is 1.00. The third-order valence-corrected chi connectivity index (χ3v) is 1.59. The van der Waals surface area contributed by atoms with Crippen molar-refractivity contribution in [2.45, 2.75) is 0 Å². The highest BCUT2D eigenvalue weighted by molar-refractivity contribution is 7.42. The summed E-state index contributed by atoms with van der Waals surface area (Å²) in [7, 11) is -1.38. The summed E-state index contributed by atoms with van der Waals surface area (Å²) in [5.41, 5.74) is 0. The van der Waals surface area contributed by atoms with Gasteiger partial charge in [0.15, 0.2) is 11.6 Å². The molecule has 0 aliphatic heterocycles. The van der Waals surface area contributed by atoms with Crippen molar-refractivity contribution in [1.29, 1.82) is 0 Å². The molecule has 0 N–H and O–H groups in total. The van der Waals surface area contributed by atoms with E-state index in [0.29, 0.717) is 0 Å². The Balaban J connectivity index is 3.02. The van der Waals surface area contributed by atoms with E-state index in [0.717, 1.165) is 0 Å². The van der Waals surface area contributed by atoms with Crippen LogP contribution in [0.5, 0.6) is 0 Å². The van der Waals surface area contributed by atoms with E-state index in [4.69, 9.17) is 0 Å². The Morgan fingerprint density at radius 1 is 1.00 bits per heavy atom. The maximum Gasteiger partial charge on any atom is 0.346 e. The molecule has 0 nitrogen and oxygen atoms in total. The fraction of sp³-hybridized carbons (Fsp3) is 0. The van der Waals surface area contributed by atoms with E-state index in [2.05, 4.69) is 0 Å². The smallest absolute Gasteiger partial charge is 0.0545 e. The molecule has 0 atom stereocenters. The second kappa shape index (κ2) is 2.04. The van der Waals surface area contributed by atoms with Crippen LogP contribution in [0.15, 0.2) is 29.8 Å². The molecule has 0 aromatic carbocycles.